The van der Waals surface area contributed by atoms with Crippen LogP contribution < -0.4 is 15.4 Å². The van der Waals surface area contributed by atoms with E-state index in [0.29, 0.717) is 6.61 Å². The van der Waals surface area contributed by atoms with Crippen LogP contribution in [0.3, 0.4) is 0 Å². The lowest BCUT2D eigenvalue weighted by Crippen LogP contribution is -2.36. The molecule has 1 aliphatic rings. The molecule has 2 aromatic carbocycles. The van der Waals surface area contributed by atoms with Gasteiger partial charge in [-0.3, -0.25) is 0 Å². The zero-order chi connectivity index (χ0) is 13.6. The van der Waals surface area contributed by atoms with E-state index in [1.807, 2.05) is 30.6 Å². The van der Waals surface area contributed by atoms with Gasteiger partial charge in [-0.05, 0) is 29.7 Å². The van der Waals surface area contributed by atoms with E-state index in [1.165, 1.54) is 11.1 Å². The van der Waals surface area contributed by atoms with Crippen molar-refractivity contribution in [2.24, 2.45) is 0 Å². The van der Waals surface area contributed by atoms with E-state index in [2.05, 4.69) is 47.0 Å². The Labute approximate surface area is 119 Å². The lowest BCUT2D eigenvalue weighted by atomic mass is 10.1. The van der Waals surface area contributed by atoms with Gasteiger partial charge in [-0.15, -0.1) is 0 Å². The van der Waals surface area contributed by atoms with Crippen LogP contribution in [-0.2, 0) is 6.42 Å². The van der Waals surface area contributed by atoms with Gasteiger partial charge in [-0.2, -0.15) is 0 Å². The van der Waals surface area contributed by atoms with Gasteiger partial charge >= 0.3 is 0 Å². The Kier molecular flexibility index (Phi) is 3.88. The Bertz CT molecular complexity index is 555. The van der Waals surface area contributed by atoms with E-state index in [4.69, 9.17) is 4.74 Å². The maximum atomic E-state index is 5.73. The van der Waals surface area contributed by atoms with Crippen LogP contribution in [0.4, 0.5) is 0 Å². The average Bonchev–Trinajstić information content (AvgIpc) is 3.01. The predicted molar refractivity (Wildman–Crippen MR) is 80.4 cm³/mol. The van der Waals surface area contributed by atoms with Crippen molar-refractivity contribution in [2.45, 2.75) is 12.6 Å². The summed E-state index contributed by atoms with van der Waals surface area (Å²) >= 11 is 0. The SMILES string of the molecule is C1=CNC(COc2ccc(Cc3ccccc3)cc2)N1. The molecule has 2 N–H and O–H groups in total. The molecule has 3 heteroatoms. The van der Waals surface area contributed by atoms with Gasteiger partial charge in [-0.25, -0.2) is 0 Å². The molecule has 0 saturated heterocycles. The summed E-state index contributed by atoms with van der Waals surface area (Å²) in [5.41, 5.74) is 2.62. The van der Waals surface area contributed by atoms with Gasteiger partial charge in [0.1, 0.15) is 18.5 Å². The molecule has 1 aliphatic heterocycles. The van der Waals surface area contributed by atoms with Crippen LogP contribution in [0.1, 0.15) is 11.1 Å². The Hall–Kier alpha value is -2.42. The fourth-order valence-electron chi connectivity index (χ4n) is 2.19. The van der Waals surface area contributed by atoms with Crippen LogP contribution in [0, 0.1) is 0 Å². The Morgan fingerprint density at radius 1 is 0.800 bits per heavy atom. The lowest BCUT2D eigenvalue weighted by molar-refractivity contribution is 0.269. The molecule has 0 aliphatic carbocycles. The molecule has 0 bridgehead atoms. The molecule has 0 unspecified atom stereocenters. The minimum absolute atomic E-state index is 0.166. The monoisotopic (exact) mass is 266 g/mol. The standard InChI is InChI=1S/C17H18N2O/c1-2-4-14(5-3-1)12-15-6-8-16(9-7-15)20-13-17-18-10-11-19-17/h1-11,17-19H,12-13H2. The third-order valence-electron chi connectivity index (χ3n) is 3.27. The Morgan fingerprint density at radius 3 is 2.15 bits per heavy atom. The van der Waals surface area contributed by atoms with Crippen LogP contribution in [0.25, 0.3) is 0 Å². The van der Waals surface area contributed by atoms with Crippen molar-refractivity contribution in [2.75, 3.05) is 6.61 Å². The molecule has 0 aromatic heterocycles. The fraction of sp³-hybridized carbons (Fsp3) is 0.176. The van der Waals surface area contributed by atoms with Crippen LogP contribution in [0.5, 0.6) is 5.75 Å². The highest BCUT2D eigenvalue weighted by molar-refractivity contribution is 5.31. The first kappa shape index (κ1) is 12.6. The van der Waals surface area contributed by atoms with E-state index in [0.717, 1.165) is 12.2 Å². The minimum Gasteiger partial charge on any atom is -0.489 e. The van der Waals surface area contributed by atoms with E-state index in [-0.39, 0.29) is 6.17 Å². The van der Waals surface area contributed by atoms with Crippen molar-refractivity contribution in [3.8, 4) is 5.75 Å². The summed E-state index contributed by atoms with van der Waals surface area (Å²) in [6.45, 7) is 0.602. The van der Waals surface area contributed by atoms with Crippen LogP contribution >= 0.6 is 0 Å². The maximum absolute atomic E-state index is 5.73. The maximum Gasteiger partial charge on any atom is 0.131 e. The number of ether oxygens (including phenoxy) is 1. The van der Waals surface area contributed by atoms with Crippen molar-refractivity contribution in [3.63, 3.8) is 0 Å². The zero-order valence-corrected chi connectivity index (χ0v) is 11.3. The summed E-state index contributed by atoms with van der Waals surface area (Å²) in [7, 11) is 0. The second-order valence-corrected chi connectivity index (χ2v) is 4.84. The summed E-state index contributed by atoms with van der Waals surface area (Å²) in [5.74, 6) is 0.900. The molecule has 102 valence electrons. The predicted octanol–water partition coefficient (Wildman–Crippen LogP) is 2.65. The summed E-state index contributed by atoms with van der Waals surface area (Å²) in [5, 5.41) is 6.31. The van der Waals surface area contributed by atoms with Crippen molar-refractivity contribution in [1.82, 2.24) is 10.6 Å². The molecule has 0 atom stereocenters. The smallest absolute Gasteiger partial charge is 0.131 e. The summed E-state index contributed by atoms with van der Waals surface area (Å²) < 4.78 is 5.73. The van der Waals surface area contributed by atoms with Gasteiger partial charge in [0.25, 0.3) is 0 Å². The van der Waals surface area contributed by atoms with Crippen LogP contribution in [-0.4, -0.2) is 12.8 Å². The topological polar surface area (TPSA) is 33.3 Å². The van der Waals surface area contributed by atoms with Crippen molar-refractivity contribution in [3.05, 3.63) is 78.1 Å². The quantitative estimate of drug-likeness (QED) is 0.873. The molecule has 0 saturated carbocycles. The van der Waals surface area contributed by atoms with Crippen LogP contribution in [0.15, 0.2) is 67.0 Å². The molecule has 2 aromatic rings. The number of nitrogens with one attached hydrogen (secondary N) is 2. The molecule has 0 spiro atoms. The van der Waals surface area contributed by atoms with Crippen molar-refractivity contribution < 1.29 is 4.74 Å². The largest absolute Gasteiger partial charge is 0.489 e. The normalized spacial score (nSPS) is 13.8. The number of benzene rings is 2. The second kappa shape index (κ2) is 6.15. The molecule has 0 radical (unpaired) electrons. The molecule has 0 fully saturated rings. The Balaban J connectivity index is 1.54. The highest BCUT2D eigenvalue weighted by atomic mass is 16.5. The summed E-state index contributed by atoms with van der Waals surface area (Å²) in [4.78, 5) is 0. The van der Waals surface area contributed by atoms with Gasteiger partial charge in [0.05, 0.1) is 0 Å². The zero-order valence-electron chi connectivity index (χ0n) is 11.3. The first-order valence-corrected chi connectivity index (χ1v) is 6.83. The summed E-state index contributed by atoms with van der Waals surface area (Å²) in [6, 6.07) is 18.8. The first-order valence-electron chi connectivity index (χ1n) is 6.83. The first-order chi connectivity index (χ1) is 9.90. The molecule has 0 amide bonds. The highest BCUT2D eigenvalue weighted by Crippen LogP contribution is 2.15. The van der Waals surface area contributed by atoms with Gasteiger partial charge in [0.15, 0.2) is 0 Å². The molecule has 1 heterocycles. The van der Waals surface area contributed by atoms with Gasteiger partial charge in [-0.1, -0.05) is 42.5 Å². The third kappa shape index (κ3) is 3.32. The van der Waals surface area contributed by atoms with Crippen molar-refractivity contribution in [1.29, 1.82) is 0 Å². The number of rotatable bonds is 5. The number of hydrogen-bond donors (Lipinski definition) is 2. The second-order valence-electron chi connectivity index (χ2n) is 4.84. The van der Waals surface area contributed by atoms with Gasteiger partial charge in [0, 0.05) is 12.4 Å². The Morgan fingerprint density at radius 2 is 1.45 bits per heavy atom. The van der Waals surface area contributed by atoms with E-state index in [1.54, 1.807) is 0 Å². The van der Waals surface area contributed by atoms with E-state index < -0.39 is 0 Å². The molecule has 20 heavy (non-hydrogen) atoms. The lowest BCUT2D eigenvalue weighted by Gasteiger charge is -2.13. The highest BCUT2D eigenvalue weighted by Gasteiger charge is 2.08. The van der Waals surface area contributed by atoms with Crippen molar-refractivity contribution >= 4 is 0 Å². The molecular formula is C17H18N2O. The molecule has 3 rings (SSSR count). The summed E-state index contributed by atoms with van der Waals surface area (Å²) in [6.07, 6.45) is 4.89. The number of hydrogen-bond acceptors (Lipinski definition) is 3. The van der Waals surface area contributed by atoms with Gasteiger partial charge in [0.2, 0.25) is 0 Å². The molecular weight excluding hydrogens is 248 g/mol. The third-order valence-corrected chi connectivity index (χ3v) is 3.27. The molecule has 3 nitrogen and oxygen atoms in total. The van der Waals surface area contributed by atoms with Crippen LogP contribution in [0.2, 0.25) is 0 Å². The van der Waals surface area contributed by atoms with E-state index in [9.17, 15) is 0 Å². The van der Waals surface area contributed by atoms with E-state index >= 15 is 0 Å². The fourth-order valence-corrected chi connectivity index (χ4v) is 2.19. The van der Waals surface area contributed by atoms with Gasteiger partial charge < -0.3 is 15.4 Å². The minimum atomic E-state index is 0.166. The average molecular weight is 266 g/mol.